The second-order valence-electron chi connectivity index (χ2n) is 4.85. The first kappa shape index (κ1) is 11.2. The first-order valence-corrected chi connectivity index (χ1v) is 5.79. The molecule has 2 amide bonds. The summed E-state index contributed by atoms with van der Waals surface area (Å²) in [5, 5.41) is 2.81. The molecule has 2 fully saturated rings. The summed E-state index contributed by atoms with van der Waals surface area (Å²) in [7, 11) is 0. The highest BCUT2D eigenvalue weighted by atomic mass is 16.2. The summed E-state index contributed by atoms with van der Waals surface area (Å²) >= 11 is 0. The van der Waals surface area contributed by atoms with Crippen molar-refractivity contribution in [3.05, 3.63) is 12.2 Å². The van der Waals surface area contributed by atoms with Crippen molar-refractivity contribution >= 4 is 11.8 Å². The van der Waals surface area contributed by atoms with E-state index in [1.165, 1.54) is 0 Å². The Bertz CT molecular complexity index is 334. The van der Waals surface area contributed by atoms with Gasteiger partial charge in [0.2, 0.25) is 11.8 Å². The smallest absolute Gasteiger partial charge is 0.225 e. The normalized spacial score (nSPS) is 24.7. The molecule has 0 aromatic rings. The molecule has 1 atom stereocenters. The monoisotopic (exact) mass is 222 g/mol. The predicted molar refractivity (Wildman–Crippen MR) is 60.7 cm³/mol. The summed E-state index contributed by atoms with van der Waals surface area (Å²) in [5.41, 5.74) is 0.928. The molecule has 16 heavy (non-hydrogen) atoms. The summed E-state index contributed by atoms with van der Waals surface area (Å²) in [6.07, 6.45) is 2.58. The van der Waals surface area contributed by atoms with Crippen molar-refractivity contribution in [2.24, 2.45) is 5.92 Å². The van der Waals surface area contributed by atoms with Crippen LogP contribution in [0.2, 0.25) is 0 Å². The average molecular weight is 222 g/mol. The third-order valence-corrected chi connectivity index (χ3v) is 3.08. The van der Waals surface area contributed by atoms with E-state index in [2.05, 4.69) is 11.9 Å². The van der Waals surface area contributed by atoms with E-state index >= 15 is 0 Å². The molecule has 4 heteroatoms. The highest BCUT2D eigenvalue weighted by Crippen LogP contribution is 2.32. The summed E-state index contributed by atoms with van der Waals surface area (Å²) in [6.45, 7) is 6.71. The number of carbonyl (C=O) groups is 2. The fourth-order valence-corrected chi connectivity index (χ4v) is 2.03. The zero-order valence-electron chi connectivity index (χ0n) is 9.66. The van der Waals surface area contributed by atoms with Crippen molar-refractivity contribution in [1.29, 1.82) is 0 Å². The predicted octanol–water partition coefficient (Wildman–Crippen LogP) is 0.690. The van der Waals surface area contributed by atoms with Gasteiger partial charge in [-0.3, -0.25) is 9.59 Å². The van der Waals surface area contributed by atoms with Crippen LogP contribution in [0.5, 0.6) is 0 Å². The van der Waals surface area contributed by atoms with Crippen LogP contribution in [-0.2, 0) is 9.59 Å². The SMILES string of the molecule is C=C(C)CNC(=O)C1CC(=O)N(C2CC2)C1. The fourth-order valence-electron chi connectivity index (χ4n) is 2.03. The van der Waals surface area contributed by atoms with E-state index in [1.54, 1.807) is 0 Å². The van der Waals surface area contributed by atoms with Crippen molar-refractivity contribution in [1.82, 2.24) is 10.2 Å². The molecule has 1 heterocycles. The molecule has 4 nitrogen and oxygen atoms in total. The van der Waals surface area contributed by atoms with E-state index in [-0.39, 0.29) is 17.7 Å². The third-order valence-electron chi connectivity index (χ3n) is 3.08. The lowest BCUT2D eigenvalue weighted by molar-refractivity contribution is -0.129. The van der Waals surface area contributed by atoms with Crippen LogP contribution in [0, 0.1) is 5.92 Å². The van der Waals surface area contributed by atoms with E-state index in [4.69, 9.17) is 0 Å². The molecule has 1 N–H and O–H groups in total. The molecule has 0 aromatic heterocycles. The number of nitrogens with zero attached hydrogens (tertiary/aromatic N) is 1. The van der Waals surface area contributed by atoms with Crippen molar-refractivity contribution in [2.45, 2.75) is 32.2 Å². The molecule has 2 rings (SSSR count). The van der Waals surface area contributed by atoms with Gasteiger partial charge in [0, 0.05) is 25.6 Å². The topological polar surface area (TPSA) is 49.4 Å². The first-order valence-electron chi connectivity index (χ1n) is 5.79. The number of likely N-dealkylation sites (tertiary alicyclic amines) is 1. The van der Waals surface area contributed by atoms with Crippen molar-refractivity contribution < 1.29 is 9.59 Å². The lowest BCUT2D eigenvalue weighted by Gasteiger charge is -2.15. The molecule has 0 radical (unpaired) electrons. The van der Waals surface area contributed by atoms with Crippen LogP contribution in [0.4, 0.5) is 0 Å². The molecule has 88 valence electrons. The highest BCUT2D eigenvalue weighted by Gasteiger charge is 2.41. The molecule has 1 saturated heterocycles. The van der Waals surface area contributed by atoms with Gasteiger partial charge in [0.05, 0.1) is 5.92 Å². The zero-order valence-corrected chi connectivity index (χ0v) is 9.66. The van der Waals surface area contributed by atoms with Gasteiger partial charge in [0.25, 0.3) is 0 Å². The van der Waals surface area contributed by atoms with Gasteiger partial charge in [-0.2, -0.15) is 0 Å². The van der Waals surface area contributed by atoms with Gasteiger partial charge in [0.1, 0.15) is 0 Å². The molecule has 1 aliphatic heterocycles. The Balaban J connectivity index is 1.84. The minimum Gasteiger partial charge on any atom is -0.352 e. The van der Waals surface area contributed by atoms with E-state index in [9.17, 15) is 9.59 Å². The summed E-state index contributed by atoms with van der Waals surface area (Å²) in [5.74, 6) is -0.0371. The number of carbonyl (C=O) groups excluding carboxylic acids is 2. The molecule has 0 aromatic carbocycles. The standard InChI is InChI=1S/C12H18N2O2/c1-8(2)6-13-12(16)9-5-11(15)14(7-9)10-3-4-10/h9-10H,1,3-7H2,2H3,(H,13,16). The van der Waals surface area contributed by atoms with E-state index < -0.39 is 0 Å². The van der Waals surface area contributed by atoms with E-state index in [0.29, 0.717) is 25.6 Å². The van der Waals surface area contributed by atoms with Crippen LogP contribution in [-0.4, -0.2) is 35.8 Å². The van der Waals surface area contributed by atoms with Gasteiger partial charge in [-0.1, -0.05) is 12.2 Å². The van der Waals surface area contributed by atoms with Crippen LogP contribution in [0.3, 0.4) is 0 Å². The number of hydrogen-bond acceptors (Lipinski definition) is 2. The Morgan fingerprint density at radius 3 is 2.81 bits per heavy atom. The Kier molecular flexibility index (Phi) is 2.99. The van der Waals surface area contributed by atoms with Crippen LogP contribution >= 0.6 is 0 Å². The molecular formula is C12H18N2O2. The maximum atomic E-state index is 11.8. The Hall–Kier alpha value is -1.32. The first-order chi connectivity index (χ1) is 7.58. The van der Waals surface area contributed by atoms with Crippen LogP contribution in [0.15, 0.2) is 12.2 Å². The average Bonchev–Trinajstić information content (AvgIpc) is 2.99. The number of amides is 2. The van der Waals surface area contributed by atoms with Gasteiger partial charge in [-0.15, -0.1) is 0 Å². The lowest BCUT2D eigenvalue weighted by Crippen LogP contribution is -2.34. The lowest BCUT2D eigenvalue weighted by atomic mass is 10.1. The van der Waals surface area contributed by atoms with Crippen LogP contribution < -0.4 is 5.32 Å². The number of hydrogen-bond donors (Lipinski definition) is 1. The van der Waals surface area contributed by atoms with Gasteiger partial charge in [-0.05, 0) is 19.8 Å². The second-order valence-corrected chi connectivity index (χ2v) is 4.85. The Morgan fingerprint density at radius 2 is 2.25 bits per heavy atom. The minimum atomic E-state index is -0.160. The summed E-state index contributed by atoms with van der Waals surface area (Å²) in [6, 6.07) is 0.423. The fraction of sp³-hybridized carbons (Fsp3) is 0.667. The third kappa shape index (κ3) is 2.43. The molecular weight excluding hydrogens is 204 g/mol. The van der Waals surface area contributed by atoms with Gasteiger partial charge in [-0.25, -0.2) is 0 Å². The van der Waals surface area contributed by atoms with Crippen LogP contribution in [0.1, 0.15) is 26.2 Å². The van der Waals surface area contributed by atoms with Gasteiger partial charge < -0.3 is 10.2 Å². The van der Waals surface area contributed by atoms with Crippen LogP contribution in [0.25, 0.3) is 0 Å². The number of rotatable bonds is 4. The molecule has 0 spiro atoms. The second kappa shape index (κ2) is 4.28. The van der Waals surface area contributed by atoms with Gasteiger partial charge >= 0.3 is 0 Å². The molecule has 1 aliphatic carbocycles. The number of nitrogens with one attached hydrogen (secondary N) is 1. The molecule has 2 aliphatic rings. The summed E-state index contributed by atoms with van der Waals surface area (Å²) < 4.78 is 0. The Labute approximate surface area is 95.7 Å². The zero-order chi connectivity index (χ0) is 11.7. The molecule has 0 bridgehead atoms. The Morgan fingerprint density at radius 1 is 1.56 bits per heavy atom. The molecule has 1 unspecified atom stereocenters. The van der Waals surface area contributed by atoms with Crippen molar-refractivity contribution in [2.75, 3.05) is 13.1 Å². The largest absolute Gasteiger partial charge is 0.352 e. The minimum absolute atomic E-state index is 0.0144. The maximum Gasteiger partial charge on any atom is 0.225 e. The van der Waals surface area contributed by atoms with Gasteiger partial charge in [0.15, 0.2) is 0 Å². The van der Waals surface area contributed by atoms with Crippen molar-refractivity contribution in [3.63, 3.8) is 0 Å². The maximum absolute atomic E-state index is 11.8. The highest BCUT2D eigenvalue weighted by molar-refractivity contribution is 5.89. The van der Waals surface area contributed by atoms with Crippen molar-refractivity contribution in [3.8, 4) is 0 Å². The molecule has 1 saturated carbocycles. The van der Waals surface area contributed by atoms with E-state index in [1.807, 2.05) is 11.8 Å². The summed E-state index contributed by atoms with van der Waals surface area (Å²) in [4.78, 5) is 25.3. The quantitative estimate of drug-likeness (QED) is 0.711. The van der Waals surface area contributed by atoms with E-state index in [0.717, 1.165) is 18.4 Å².